The van der Waals surface area contributed by atoms with Gasteiger partial charge in [0, 0.05) is 6.04 Å². The molecule has 1 aliphatic carbocycles. The molecule has 0 radical (unpaired) electrons. The smallest absolute Gasteiger partial charge is 0.416 e. The molecule has 0 saturated heterocycles. The van der Waals surface area contributed by atoms with Crippen molar-refractivity contribution in [1.29, 1.82) is 0 Å². The molecule has 1 saturated carbocycles. The summed E-state index contributed by atoms with van der Waals surface area (Å²) in [6, 6.07) is 0.366. The molecule has 138 valence electrons. The Morgan fingerprint density at radius 2 is 1.52 bits per heavy atom. The maximum Gasteiger partial charge on any atom is 0.416 e. The van der Waals surface area contributed by atoms with Crippen LogP contribution < -0.4 is 5.32 Å². The highest BCUT2D eigenvalue weighted by molar-refractivity contribution is 5.92. The molecule has 1 aromatic carbocycles. The van der Waals surface area contributed by atoms with Crippen molar-refractivity contribution in [2.75, 3.05) is 0 Å². The minimum Gasteiger partial charge on any atom is -0.449 e. The highest BCUT2D eigenvalue weighted by Crippen LogP contribution is 2.36. The number of nitrogens with one attached hydrogen (secondary N) is 1. The molecule has 1 aromatic rings. The van der Waals surface area contributed by atoms with E-state index in [1.807, 2.05) is 0 Å². The number of carbonyl (C=O) groups excluding carboxylic acids is 2. The van der Waals surface area contributed by atoms with Gasteiger partial charge in [-0.3, -0.25) is 4.79 Å². The quantitative estimate of drug-likeness (QED) is 0.652. The lowest BCUT2D eigenvalue weighted by molar-refractivity contribution is -0.143. The number of halogens is 6. The van der Waals surface area contributed by atoms with Crippen LogP contribution >= 0.6 is 0 Å². The Morgan fingerprint density at radius 1 is 1.04 bits per heavy atom. The predicted molar refractivity (Wildman–Crippen MR) is 72.5 cm³/mol. The van der Waals surface area contributed by atoms with Crippen LogP contribution in [0.3, 0.4) is 0 Å². The summed E-state index contributed by atoms with van der Waals surface area (Å²) in [4.78, 5) is 23.5. The molecule has 0 bridgehead atoms. The van der Waals surface area contributed by atoms with Gasteiger partial charge in [0.25, 0.3) is 5.91 Å². The highest BCUT2D eigenvalue weighted by atomic mass is 19.4. The molecule has 25 heavy (non-hydrogen) atoms. The summed E-state index contributed by atoms with van der Waals surface area (Å²) in [5.74, 6) is -2.12. The van der Waals surface area contributed by atoms with Gasteiger partial charge in [-0.1, -0.05) is 0 Å². The molecule has 4 nitrogen and oxygen atoms in total. The first-order chi connectivity index (χ1) is 11.4. The van der Waals surface area contributed by atoms with Crippen molar-refractivity contribution in [3.05, 3.63) is 34.9 Å². The van der Waals surface area contributed by atoms with E-state index in [9.17, 15) is 35.9 Å². The van der Waals surface area contributed by atoms with Crippen LogP contribution in [-0.2, 0) is 21.9 Å². The number of rotatable bonds is 4. The number of alkyl halides is 6. The van der Waals surface area contributed by atoms with E-state index in [1.54, 1.807) is 0 Å². The molecule has 1 atom stereocenters. The second-order valence-corrected chi connectivity index (χ2v) is 5.62. The molecule has 10 heteroatoms. The van der Waals surface area contributed by atoms with Gasteiger partial charge in [-0.05, 0) is 38.0 Å². The third-order valence-corrected chi connectivity index (χ3v) is 3.40. The molecule has 0 aliphatic heterocycles. The number of esters is 1. The molecule has 0 spiro atoms. The minimum atomic E-state index is -5.08. The lowest BCUT2D eigenvalue weighted by Gasteiger charge is -2.16. The van der Waals surface area contributed by atoms with Crippen LogP contribution in [0.25, 0.3) is 0 Å². The van der Waals surface area contributed by atoms with Crippen molar-refractivity contribution in [2.24, 2.45) is 0 Å². The predicted octanol–water partition coefficient (Wildman–Crippen LogP) is 3.55. The van der Waals surface area contributed by atoms with Crippen LogP contribution in [0.15, 0.2) is 18.2 Å². The second-order valence-electron chi connectivity index (χ2n) is 5.62. The Kier molecular flexibility index (Phi) is 5.01. The standard InChI is InChI=1S/C15H13F6NO3/c1-7(12(23)22-11-2-3-11)25-13(24)8-4-9(14(16,17)18)6-10(5-8)15(19,20)21/h4-7,11H,2-3H2,1H3,(H,22,23)/t7-/m1/s1. The lowest BCUT2D eigenvalue weighted by atomic mass is 10.0. The van der Waals surface area contributed by atoms with Crippen molar-refractivity contribution in [3.63, 3.8) is 0 Å². The van der Waals surface area contributed by atoms with Gasteiger partial charge in [0.2, 0.25) is 0 Å². The molecule has 0 aromatic heterocycles. The summed E-state index contributed by atoms with van der Waals surface area (Å²) < 4.78 is 81.2. The SMILES string of the molecule is C[C@@H](OC(=O)c1cc(C(F)(F)F)cc(C(F)(F)F)c1)C(=O)NC1CC1. The largest absolute Gasteiger partial charge is 0.449 e. The van der Waals surface area contributed by atoms with Crippen molar-refractivity contribution in [3.8, 4) is 0 Å². The van der Waals surface area contributed by atoms with E-state index in [2.05, 4.69) is 10.1 Å². The first-order valence-electron chi connectivity index (χ1n) is 7.19. The van der Waals surface area contributed by atoms with Gasteiger partial charge in [-0.15, -0.1) is 0 Å². The molecule has 0 unspecified atom stereocenters. The summed E-state index contributed by atoms with van der Waals surface area (Å²) >= 11 is 0. The fourth-order valence-corrected chi connectivity index (χ4v) is 1.90. The van der Waals surface area contributed by atoms with E-state index in [-0.39, 0.29) is 24.2 Å². The summed E-state index contributed by atoms with van der Waals surface area (Å²) in [6.45, 7) is 1.17. The molecule has 1 aliphatic rings. The van der Waals surface area contributed by atoms with Gasteiger partial charge in [-0.25, -0.2) is 4.79 Å². The molecular formula is C15H13F6NO3. The fourth-order valence-electron chi connectivity index (χ4n) is 1.90. The number of benzene rings is 1. The van der Waals surface area contributed by atoms with Gasteiger partial charge in [0.15, 0.2) is 6.10 Å². The van der Waals surface area contributed by atoms with Gasteiger partial charge in [-0.2, -0.15) is 26.3 Å². The van der Waals surface area contributed by atoms with E-state index in [0.717, 1.165) is 12.8 Å². The van der Waals surface area contributed by atoms with Crippen LogP contribution in [-0.4, -0.2) is 24.0 Å². The van der Waals surface area contributed by atoms with Crippen molar-refractivity contribution in [2.45, 2.75) is 44.3 Å². The first-order valence-corrected chi connectivity index (χ1v) is 7.19. The number of ether oxygens (including phenoxy) is 1. The van der Waals surface area contributed by atoms with Gasteiger partial charge < -0.3 is 10.1 Å². The number of hydrogen-bond donors (Lipinski definition) is 1. The second kappa shape index (κ2) is 6.57. The molecule has 2 rings (SSSR count). The molecule has 1 fully saturated rings. The normalized spacial score (nSPS) is 16.3. The number of carbonyl (C=O) groups is 2. The average Bonchev–Trinajstić information content (AvgIpc) is 3.28. The van der Waals surface area contributed by atoms with Crippen molar-refractivity contribution < 1.29 is 40.7 Å². The average molecular weight is 369 g/mol. The van der Waals surface area contributed by atoms with E-state index >= 15 is 0 Å². The fraction of sp³-hybridized carbons (Fsp3) is 0.467. The summed E-state index contributed by atoms with van der Waals surface area (Å²) in [6.07, 6.45) is -9.99. The van der Waals surface area contributed by atoms with E-state index in [1.165, 1.54) is 6.92 Å². The van der Waals surface area contributed by atoms with Gasteiger partial charge in [0.05, 0.1) is 16.7 Å². The number of amides is 1. The van der Waals surface area contributed by atoms with Gasteiger partial charge in [0.1, 0.15) is 0 Å². The maximum absolute atomic E-state index is 12.8. The lowest BCUT2D eigenvalue weighted by Crippen LogP contribution is -2.37. The Labute approximate surface area is 138 Å². The van der Waals surface area contributed by atoms with Crippen LogP contribution in [0.4, 0.5) is 26.3 Å². The molecular weight excluding hydrogens is 356 g/mol. The molecule has 1 amide bonds. The molecule has 0 heterocycles. The van der Waals surface area contributed by atoms with Crippen LogP contribution in [0.1, 0.15) is 41.3 Å². The van der Waals surface area contributed by atoms with Crippen LogP contribution in [0.2, 0.25) is 0 Å². The number of hydrogen-bond acceptors (Lipinski definition) is 3. The van der Waals surface area contributed by atoms with E-state index < -0.39 is 47.0 Å². The zero-order valence-corrected chi connectivity index (χ0v) is 12.8. The third kappa shape index (κ3) is 5.10. The third-order valence-electron chi connectivity index (χ3n) is 3.40. The topological polar surface area (TPSA) is 55.4 Å². The zero-order chi connectivity index (χ0) is 19.0. The Balaban J connectivity index is 2.23. The van der Waals surface area contributed by atoms with E-state index in [4.69, 9.17) is 0 Å². The van der Waals surface area contributed by atoms with Gasteiger partial charge >= 0.3 is 18.3 Å². The van der Waals surface area contributed by atoms with Crippen LogP contribution in [0, 0.1) is 0 Å². The Morgan fingerprint density at radius 3 is 1.92 bits per heavy atom. The summed E-state index contributed by atoms with van der Waals surface area (Å²) in [7, 11) is 0. The summed E-state index contributed by atoms with van der Waals surface area (Å²) in [5.41, 5.74) is -4.21. The maximum atomic E-state index is 12.8. The van der Waals surface area contributed by atoms with Crippen LogP contribution in [0.5, 0.6) is 0 Å². The Hall–Kier alpha value is -2.26. The zero-order valence-electron chi connectivity index (χ0n) is 12.8. The summed E-state index contributed by atoms with van der Waals surface area (Å²) in [5, 5.41) is 2.51. The Bertz CT molecular complexity index is 647. The highest BCUT2D eigenvalue weighted by Gasteiger charge is 2.38. The first kappa shape index (κ1) is 19.1. The monoisotopic (exact) mass is 369 g/mol. The van der Waals surface area contributed by atoms with E-state index in [0.29, 0.717) is 0 Å². The van der Waals surface area contributed by atoms with Crippen molar-refractivity contribution in [1.82, 2.24) is 5.32 Å². The minimum absolute atomic E-state index is 0.0426. The molecule has 1 N–H and O–H groups in total. The van der Waals surface area contributed by atoms with Crippen molar-refractivity contribution >= 4 is 11.9 Å².